The summed E-state index contributed by atoms with van der Waals surface area (Å²) in [4.78, 5) is 27.3. The lowest BCUT2D eigenvalue weighted by Crippen LogP contribution is -2.30. The largest absolute Gasteiger partial charge is 0.508 e. The molecule has 0 rings (SSSR count). The molecular formula is C48H95NO9. The van der Waals surface area contributed by atoms with Crippen molar-refractivity contribution in [1.29, 1.82) is 0 Å². The minimum atomic E-state index is -0.547. The molecule has 2 atom stereocenters. The van der Waals surface area contributed by atoms with Crippen LogP contribution >= 0.6 is 0 Å². The fourth-order valence-electron chi connectivity index (χ4n) is 7.32. The summed E-state index contributed by atoms with van der Waals surface area (Å²) in [5.74, 6) is 0.835. The van der Waals surface area contributed by atoms with Gasteiger partial charge in [-0.05, 0) is 76.3 Å². The first kappa shape index (κ1) is 56.4. The number of carbonyl (C=O) groups is 2. The van der Waals surface area contributed by atoms with Crippen molar-refractivity contribution in [2.45, 2.75) is 207 Å². The van der Waals surface area contributed by atoms with Crippen LogP contribution in [0, 0.1) is 11.8 Å². The zero-order valence-corrected chi connectivity index (χ0v) is 38.6. The standard InChI is InChI=1S/C48H95NO9/c1-5-9-13-17-19-23-31-45(29-21-15-11-7-3)43-57-47(51)55-37-27-25-33-49(35-39-53-41-42-54-40-36-50)34-26-28-38-56-48(52)58-44-46(30-22-16-12-8-4)32-24-20-18-14-10-6-2/h45-46,50H,5-44H2,1-4H3. The highest BCUT2D eigenvalue weighted by atomic mass is 16.7. The SMILES string of the molecule is CCCCCCCCC(CCCCCC)COC(=O)OCCCCN(CCCCOC(=O)OCC(CCCCCC)CCCCCCCC)CCOCCOCCO. The number of aliphatic hydroxyl groups excluding tert-OH is 1. The molecule has 0 fully saturated rings. The lowest BCUT2D eigenvalue weighted by molar-refractivity contribution is 0.0252. The molecule has 346 valence electrons. The minimum Gasteiger partial charge on any atom is -0.434 e. The highest BCUT2D eigenvalue weighted by molar-refractivity contribution is 5.60. The number of unbranched alkanes of at least 4 members (excludes halogenated alkanes) is 18. The maximum Gasteiger partial charge on any atom is 0.508 e. The van der Waals surface area contributed by atoms with Crippen LogP contribution in [0.2, 0.25) is 0 Å². The second kappa shape index (κ2) is 46.4. The van der Waals surface area contributed by atoms with Gasteiger partial charge in [-0.1, -0.05) is 156 Å². The van der Waals surface area contributed by atoms with Gasteiger partial charge in [-0.2, -0.15) is 0 Å². The Hall–Kier alpha value is -1.62. The van der Waals surface area contributed by atoms with E-state index < -0.39 is 12.3 Å². The first-order valence-corrected chi connectivity index (χ1v) is 24.6. The predicted octanol–water partition coefficient (Wildman–Crippen LogP) is 12.9. The molecule has 2 unspecified atom stereocenters. The lowest BCUT2D eigenvalue weighted by Gasteiger charge is -2.22. The molecule has 0 aliphatic rings. The van der Waals surface area contributed by atoms with Crippen LogP contribution in [0.3, 0.4) is 0 Å². The molecule has 0 spiro atoms. The summed E-state index contributed by atoms with van der Waals surface area (Å²) in [6.45, 7) is 14.9. The van der Waals surface area contributed by atoms with Crippen molar-refractivity contribution in [2.75, 3.05) is 79.1 Å². The topological polar surface area (TPSA) is 113 Å². The average Bonchev–Trinajstić information content (AvgIpc) is 3.22. The quantitative estimate of drug-likeness (QED) is 0.0470. The summed E-state index contributed by atoms with van der Waals surface area (Å²) in [6, 6.07) is 0. The molecule has 0 saturated heterocycles. The monoisotopic (exact) mass is 830 g/mol. The van der Waals surface area contributed by atoms with Crippen LogP contribution in [0.25, 0.3) is 0 Å². The Balaban J connectivity index is 4.60. The number of hydrogen-bond acceptors (Lipinski definition) is 10. The maximum absolute atomic E-state index is 12.5. The van der Waals surface area contributed by atoms with Gasteiger partial charge in [0.1, 0.15) is 0 Å². The molecule has 0 aliphatic heterocycles. The van der Waals surface area contributed by atoms with Crippen LogP contribution in [0.15, 0.2) is 0 Å². The van der Waals surface area contributed by atoms with E-state index in [9.17, 15) is 9.59 Å². The van der Waals surface area contributed by atoms with Crippen molar-refractivity contribution in [3.05, 3.63) is 0 Å². The Labute approximate surface area is 357 Å². The molecule has 0 bridgehead atoms. The van der Waals surface area contributed by atoms with E-state index in [4.69, 9.17) is 33.5 Å². The number of carbonyl (C=O) groups excluding carboxylic acids is 2. The normalized spacial score (nSPS) is 12.5. The molecule has 0 aliphatic carbocycles. The molecule has 0 aromatic carbocycles. The van der Waals surface area contributed by atoms with E-state index in [1.807, 2.05) is 0 Å². The molecule has 0 amide bonds. The molecule has 0 saturated carbocycles. The zero-order valence-electron chi connectivity index (χ0n) is 38.6. The van der Waals surface area contributed by atoms with Crippen LogP contribution in [-0.4, -0.2) is 101 Å². The molecule has 0 aromatic rings. The van der Waals surface area contributed by atoms with E-state index in [0.29, 0.717) is 64.7 Å². The van der Waals surface area contributed by atoms with Gasteiger partial charge >= 0.3 is 12.3 Å². The van der Waals surface area contributed by atoms with Crippen molar-refractivity contribution in [3.8, 4) is 0 Å². The molecule has 0 radical (unpaired) electrons. The second-order valence-corrected chi connectivity index (χ2v) is 16.6. The number of aliphatic hydroxyl groups is 1. The van der Waals surface area contributed by atoms with Crippen molar-refractivity contribution < 1.29 is 43.1 Å². The Bertz CT molecular complexity index is 790. The number of ether oxygens (including phenoxy) is 6. The highest BCUT2D eigenvalue weighted by Gasteiger charge is 2.15. The first-order chi connectivity index (χ1) is 28.5. The van der Waals surface area contributed by atoms with Crippen LogP contribution in [0.4, 0.5) is 9.59 Å². The van der Waals surface area contributed by atoms with E-state index in [-0.39, 0.29) is 6.61 Å². The average molecular weight is 830 g/mol. The highest BCUT2D eigenvalue weighted by Crippen LogP contribution is 2.21. The van der Waals surface area contributed by atoms with Crippen LogP contribution in [0.1, 0.15) is 207 Å². The van der Waals surface area contributed by atoms with Crippen molar-refractivity contribution in [1.82, 2.24) is 4.90 Å². The van der Waals surface area contributed by atoms with Gasteiger partial charge < -0.3 is 38.4 Å². The Morgan fingerprint density at radius 3 is 1.16 bits per heavy atom. The molecule has 0 heterocycles. The summed E-state index contributed by atoms with van der Waals surface area (Å²) in [7, 11) is 0. The van der Waals surface area contributed by atoms with E-state index in [1.54, 1.807) is 0 Å². The van der Waals surface area contributed by atoms with Gasteiger partial charge in [0, 0.05) is 6.54 Å². The first-order valence-electron chi connectivity index (χ1n) is 24.6. The molecule has 10 heteroatoms. The van der Waals surface area contributed by atoms with Gasteiger partial charge in [0.15, 0.2) is 0 Å². The second-order valence-electron chi connectivity index (χ2n) is 16.6. The van der Waals surface area contributed by atoms with Gasteiger partial charge in [-0.15, -0.1) is 0 Å². The summed E-state index contributed by atoms with van der Waals surface area (Å²) in [6.07, 6.45) is 31.9. The third-order valence-electron chi connectivity index (χ3n) is 11.1. The van der Waals surface area contributed by atoms with E-state index in [0.717, 1.165) is 71.0 Å². The van der Waals surface area contributed by atoms with Crippen LogP contribution in [-0.2, 0) is 28.4 Å². The Morgan fingerprint density at radius 1 is 0.397 bits per heavy atom. The Morgan fingerprint density at radius 2 is 0.759 bits per heavy atom. The maximum atomic E-state index is 12.5. The number of hydrogen-bond donors (Lipinski definition) is 1. The molecule has 58 heavy (non-hydrogen) atoms. The summed E-state index contributed by atoms with van der Waals surface area (Å²) in [5, 5.41) is 8.90. The molecule has 0 aromatic heterocycles. The van der Waals surface area contributed by atoms with Gasteiger partial charge in [0.25, 0.3) is 0 Å². The summed E-state index contributed by atoms with van der Waals surface area (Å²) in [5.41, 5.74) is 0. The summed E-state index contributed by atoms with van der Waals surface area (Å²) >= 11 is 0. The smallest absolute Gasteiger partial charge is 0.434 e. The molecular weight excluding hydrogens is 735 g/mol. The summed E-state index contributed by atoms with van der Waals surface area (Å²) < 4.78 is 33.2. The third kappa shape index (κ3) is 41.1. The van der Waals surface area contributed by atoms with E-state index >= 15 is 0 Å². The van der Waals surface area contributed by atoms with Crippen molar-refractivity contribution in [2.24, 2.45) is 11.8 Å². The fourth-order valence-corrected chi connectivity index (χ4v) is 7.32. The lowest BCUT2D eigenvalue weighted by atomic mass is 9.95. The van der Waals surface area contributed by atoms with Gasteiger partial charge in [-0.3, -0.25) is 0 Å². The molecule has 10 nitrogen and oxygen atoms in total. The van der Waals surface area contributed by atoms with Gasteiger partial charge in [0.2, 0.25) is 0 Å². The third-order valence-corrected chi connectivity index (χ3v) is 11.1. The fraction of sp³-hybridized carbons (Fsp3) is 0.958. The van der Waals surface area contributed by atoms with Crippen molar-refractivity contribution in [3.63, 3.8) is 0 Å². The number of rotatable bonds is 46. The van der Waals surface area contributed by atoms with Crippen molar-refractivity contribution >= 4 is 12.3 Å². The van der Waals surface area contributed by atoms with Crippen LogP contribution in [0.5, 0.6) is 0 Å². The Kier molecular flexibility index (Phi) is 45.1. The van der Waals surface area contributed by atoms with E-state index in [2.05, 4.69) is 32.6 Å². The molecule has 1 N–H and O–H groups in total. The van der Waals surface area contributed by atoms with Gasteiger partial charge in [0.05, 0.1) is 59.5 Å². The zero-order chi connectivity index (χ0) is 42.4. The number of nitrogens with zero attached hydrogens (tertiary/aromatic N) is 1. The minimum absolute atomic E-state index is 0.00838. The van der Waals surface area contributed by atoms with E-state index in [1.165, 1.54) is 128 Å². The van der Waals surface area contributed by atoms with Crippen LogP contribution < -0.4 is 0 Å². The predicted molar refractivity (Wildman–Crippen MR) is 239 cm³/mol. The van der Waals surface area contributed by atoms with Gasteiger partial charge in [-0.25, -0.2) is 9.59 Å².